The van der Waals surface area contributed by atoms with Crippen LogP contribution in [0.2, 0.25) is 0 Å². The van der Waals surface area contributed by atoms with Crippen LogP contribution in [0.5, 0.6) is 0 Å². The number of aryl methyl sites for hydroxylation is 1. The first-order chi connectivity index (χ1) is 15.0. The predicted molar refractivity (Wildman–Crippen MR) is 120 cm³/mol. The molecule has 0 atom stereocenters. The van der Waals surface area contributed by atoms with Gasteiger partial charge in [-0.05, 0) is 52.5 Å². The number of nitro benzene ring substituents is 1. The molecular formula is C23H18BrN3O4. The Bertz CT molecular complexity index is 1160. The van der Waals surface area contributed by atoms with Gasteiger partial charge in [-0.25, -0.2) is 0 Å². The fourth-order valence-electron chi connectivity index (χ4n) is 2.92. The van der Waals surface area contributed by atoms with Gasteiger partial charge in [0.25, 0.3) is 11.6 Å². The van der Waals surface area contributed by atoms with Crippen molar-refractivity contribution in [2.45, 2.75) is 12.8 Å². The molecule has 0 spiro atoms. The molecule has 1 N–H and O–H groups in total. The topological polar surface area (TPSA) is 109 Å². The molecule has 1 aromatic heterocycles. The Kier molecular flexibility index (Phi) is 7.35. The summed E-state index contributed by atoms with van der Waals surface area (Å²) < 4.78 is 6.21. The SMILES string of the molecule is N#C/C(=C\c1ccc(-c2ccc([N+](=O)[O-])cc2Br)o1)C(=O)NCCCc1ccccc1. The molecule has 0 radical (unpaired) electrons. The van der Waals surface area contributed by atoms with E-state index in [4.69, 9.17) is 4.42 Å². The van der Waals surface area contributed by atoms with Gasteiger partial charge in [0, 0.05) is 34.8 Å². The second kappa shape index (κ2) is 10.4. The van der Waals surface area contributed by atoms with Crippen LogP contribution >= 0.6 is 15.9 Å². The number of amides is 1. The number of hydrogen-bond donors (Lipinski definition) is 1. The molecule has 0 saturated carbocycles. The average molecular weight is 480 g/mol. The van der Waals surface area contributed by atoms with Crippen LogP contribution in [0.4, 0.5) is 5.69 Å². The maximum absolute atomic E-state index is 12.3. The monoisotopic (exact) mass is 479 g/mol. The summed E-state index contributed by atoms with van der Waals surface area (Å²) in [7, 11) is 0. The fraction of sp³-hybridized carbons (Fsp3) is 0.130. The van der Waals surface area contributed by atoms with Crippen molar-refractivity contribution in [3.8, 4) is 17.4 Å². The van der Waals surface area contributed by atoms with Gasteiger partial charge >= 0.3 is 0 Å². The molecule has 0 aliphatic carbocycles. The van der Waals surface area contributed by atoms with Gasteiger partial charge in [-0.3, -0.25) is 14.9 Å². The molecular weight excluding hydrogens is 462 g/mol. The Hall–Kier alpha value is -3.70. The van der Waals surface area contributed by atoms with E-state index < -0.39 is 10.8 Å². The van der Waals surface area contributed by atoms with Gasteiger partial charge in [0.2, 0.25) is 0 Å². The highest BCUT2D eigenvalue weighted by atomic mass is 79.9. The van der Waals surface area contributed by atoms with Gasteiger partial charge < -0.3 is 9.73 Å². The van der Waals surface area contributed by atoms with Crippen LogP contribution in [-0.4, -0.2) is 17.4 Å². The molecule has 31 heavy (non-hydrogen) atoms. The number of non-ortho nitro benzene ring substituents is 1. The zero-order chi connectivity index (χ0) is 22.2. The van der Waals surface area contributed by atoms with Crippen molar-refractivity contribution in [2.75, 3.05) is 6.54 Å². The molecule has 0 unspecified atom stereocenters. The predicted octanol–water partition coefficient (Wildman–Crippen LogP) is 5.27. The first-order valence-electron chi connectivity index (χ1n) is 9.46. The van der Waals surface area contributed by atoms with Crippen LogP contribution in [0.25, 0.3) is 17.4 Å². The number of carbonyl (C=O) groups is 1. The van der Waals surface area contributed by atoms with Crippen molar-refractivity contribution in [2.24, 2.45) is 0 Å². The molecule has 0 bridgehead atoms. The van der Waals surface area contributed by atoms with Gasteiger partial charge in [0.05, 0.1) is 4.92 Å². The number of furan rings is 1. The lowest BCUT2D eigenvalue weighted by Crippen LogP contribution is -2.25. The molecule has 156 valence electrons. The summed E-state index contributed by atoms with van der Waals surface area (Å²) in [5.74, 6) is 0.315. The van der Waals surface area contributed by atoms with Crippen LogP contribution < -0.4 is 5.32 Å². The Morgan fingerprint density at radius 3 is 2.65 bits per heavy atom. The van der Waals surface area contributed by atoms with Crippen molar-refractivity contribution >= 4 is 33.6 Å². The van der Waals surface area contributed by atoms with Crippen LogP contribution in [0.3, 0.4) is 0 Å². The lowest BCUT2D eigenvalue weighted by molar-refractivity contribution is -0.384. The number of benzene rings is 2. The van der Waals surface area contributed by atoms with Gasteiger partial charge in [-0.1, -0.05) is 30.3 Å². The number of rotatable bonds is 8. The highest BCUT2D eigenvalue weighted by molar-refractivity contribution is 9.10. The highest BCUT2D eigenvalue weighted by Gasteiger charge is 2.14. The van der Waals surface area contributed by atoms with Crippen molar-refractivity contribution in [1.29, 1.82) is 5.26 Å². The quantitative estimate of drug-likeness (QED) is 0.155. The summed E-state index contributed by atoms with van der Waals surface area (Å²) >= 11 is 3.30. The number of nitro groups is 1. The first-order valence-corrected chi connectivity index (χ1v) is 10.3. The third kappa shape index (κ3) is 5.90. The van der Waals surface area contributed by atoms with Crippen LogP contribution in [0.15, 0.2) is 75.1 Å². The first kappa shape index (κ1) is 22.0. The van der Waals surface area contributed by atoms with E-state index in [2.05, 4.69) is 21.2 Å². The molecule has 8 heteroatoms. The third-order valence-corrected chi connectivity index (χ3v) is 5.13. The van der Waals surface area contributed by atoms with E-state index in [1.165, 1.54) is 23.8 Å². The standard InChI is InChI=1S/C23H18BrN3O4/c24-21-14-18(27(29)30)8-10-20(21)22-11-9-19(31-22)13-17(15-25)23(28)26-12-4-7-16-5-2-1-3-6-16/h1-3,5-6,8-11,13-14H,4,7,12H2,(H,26,28)/b17-13+. The fourth-order valence-corrected chi connectivity index (χ4v) is 3.48. The molecule has 0 fully saturated rings. The molecule has 7 nitrogen and oxygen atoms in total. The number of hydrogen-bond acceptors (Lipinski definition) is 5. The minimum Gasteiger partial charge on any atom is -0.457 e. The second-order valence-electron chi connectivity index (χ2n) is 6.64. The molecule has 0 saturated heterocycles. The van der Waals surface area contributed by atoms with E-state index in [-0.39, 0.29) is 11.3 Å². The molecule has 1 heterocycles. The zero-order valence-electron chi connectivity index (χ0n) is 16.4. The number of halogens is 1. The zero-order valence-corrected chi connectivity index (χ0v) is 18.0. The number of nitrogens with zero attached hydrogens (tertiary/aromatic N) is 2. The Labute approximate surface area is 187 Å². The van der Waals surface area contributed by atoms with Crippen molar-refractivity contribution in [3.05, 3.63) is 92.1 Å². The second-order valence-corrected chi connectivity index (χ2v) is 7.49. The molecule has 0 aliphatic rings. The third-order valence-electron chi connectivity index (χ3n) is 4.48. The van der Waals surface area contributed by atoms with Gasteiger partial charge in [0.1, 0.15) is 23.2 Å². The summed E-state index contributed by atoms with van der Waals surface area (Å²) in [6.45, 7) is 0.450. The Morgan fingerprint density at radius 1 is 1.19 bits per heavy atom. The van der Waals surface area contributed by atoms with E-state index in [1.807, 2.05) is 36.4 Å². The molecule has 3 rings (SSSR count). The van der Waals surface area contributed by atoms with E-state index in [9.17, 15) is 20.2 Å². The maximum Gasteiger partial charge on any atom is 0.270 e. The highest BCUT2D eigenvalue weighted by Crippen LogP contribution is 2.32. The molecule has 0 aliphatic heterocycles. The minimum atomic E-state index is -0.484. The van der Waals surface area contributed by atoms with Crippen molar-refractivity contribution < 1.29 is 14.1 Å². The molecule has 2 aromatic carbocycles. The van der Waals surface area contributed by atoms with Gasteiger partial charge in [0.15, 0.2) is 0 Å². The number of nitriles is 1. The smallest absolute Gasteiger partial charge is 0.270 e. The van der Waals surface area contributed by atoms with E-state index in [1.54, 1.807) is 18.2 Å². The maximum atomic E-state index is 12.3. The van der Waals surface area contributed by atoms with Crippen LogP contribution in [-0.2, 0) is 11.2 Å². The number of nitrogens with one attached hydrogen (secondary N) is 1. The largest absolute Gasteiger partial charge is 0.457 e. The van der Waals surface area contributed by atoms with Gasteiger partial charge in [-0.15, -0.1) is 0 Å². The minimum absolute atomic E-state index is 0.0435. The van der Waals surface area contributed by atoms with Crippen LogP contribution in [0.1, 0.15) is 17.7 Å². The molecule has 3 aromatic rings. The summed E-state index contributed by atoms with van der Waals surface area (Å²) in [4.78, 5) is 22.7. The average Bonchev–Trinajstić information content (AvgIpc) is 3.23. The number of carbonyl (C=O) groups excluding carboxylic acids is 1. The molecule has 1 amide bonds. The summed E-state index contributed by atoms with van der Waals surface area (Å²) in [5, 5.41) is 23.0. The lowest BCUT2D eigenvalue weighted by Gasteiger charge is -2.04. The summed E-state index contributed by atoms with van der Waals surface area (Å²) in [6, 6.07) is 19.5. The van der Waals surface area contributed by atoms with E-state index in [0.717, 1.165) is 12.8 Å². The normalized spacial score (nSPS) is 11.0. The van der Waals surface area contributed by atoms with Gasteiger partial charge in [-0.2, -0.15) is 5.26 Å². The summed E-state index contributed by atoms with van der Waals surface area (Å²) in [6.07, 6.45) is 2.96. The van der Waals surface area contributed by atoms with Crippen molar-refractivity contribution in [1.82, 2.24) is 5.32 Å². The van der Waals surface area contributed by atoms with Crippen LogP contribution in [0, 0.1) is 21.4 Å². The lowest BCUT2D eigenvalue weighted by atomic mass is 10.1. The Balaban J connectivity index is 1.63. The van der Waals surface area contributed by atoms with Crippen molar-refractivity contribution in [3.63, 3.8) is 0 Å². The summed E-state index contributed by atoms with van der Waals surface area (Å²) in [5.41, 5.74) is 1.70. The Morgan fingerprint density at radius 2 is 1.97 bits per heavy atom. The van der Waals surface area contributed by atoms with E-state index >= 15 is 0 Å². The van der Waals surface area contributed by atoms with E-state index in [0.29, 0.717) is 28.1 Å².